The number of para-hydroxylation sites is 2. The Kier molecular flexibility index (Phi) is 8.71. The molecule has 4 nitrogen and oxygen atoms in total. The van der Waals surface area contributed by atoms with Gasteiger partial charge in [-0.2, -0.15) is 0 Å². The third kappa shape index (κ3) is 5.94. The minimum Gasteiger partial charge on any atom is -0.456 e. The number of fused-ring (bicyclic) bond motifs is 14. The van der Waals surface area contributed by atoms with E-state index in [9.17, 15) is 0 Å². The average molecular weight is 945 g/mol. The van der Waals surface area contributed by atoms with Gasteiger partial charge in [-0.1, -0.05) is 138 Å². The highest BCUT2D eigenvalue weighted by atomic mass is 16.3. The van der Waals surface area contributed by atoms with Crippen LogP contribution >= 0.6 is 0 Å². The van der Waals surface area contributed by atoms with E-state index in [1.165, 1.54) is 90.9 Å². The van der Waals surface area contributed by atoms with Gasteiger partial charge in [-0.05, 0) is 182 Å². The quantitative estimate of drug-likeness (QED) is 0.162. The molecule has 7 aromatic carbocycles. The number of nitrogens with zero attached hydrogens (tertiary/aromatic N) is 2. The van der Waals surface area contributed by atoms with Crippen LogP contribution in [-0.4, -0.2) is 6.85 Å². The van der Waals surface area contributed by atoms with Crippen molar-refractivity contribution in [2.24, 2.45) is 0 Å². The van der Waals surface area contributed by atoms with Crippen molar-refractivity contribution in [2.45, 2.75) is 161 Å². The van der Waals surface area contributed by atoms with Crippen LogP contribution in [0.15, 0.2) is 118 Å². The average Bonchev–Trinajstić information content (AvgIpc) is 3.90. The predicted molar refractivity (Wildman–Crippen MR) is 305 cm³/mol. The van der Waals surface area contributed by atoms with Gasteiger partial charge in [0.1, 0.15) is 16.7 Å². The minimum absolute atomic E-state index is 0.00610. The van der Waals surface area contributed by atoms with Gasteiger partial charge < -0.3 is 18.5 Å². The maximum absolute atomic E-state index is 7.37. The molecule has 0 saturated carbocycles. The summed E-state index contributed by atoms with van der Waals surface area (Å²) in [5.74, 6) is 0. The topological polar surface area (TPSA) is 32.8 Å². The summed E-state index contributed by atoms with van der Waals surface area (Å²) >= 11 is 0. The Labute approximate surface area is 426 Å². The van der Waals surface area contributed by atoms with Crippen molar-refractivity contribution in [3.63, 3.8) is 0 Å². The molecule has 9 aromatic rings. The van der Waals surface area contributed by atoms with Gasteiger partial charge in [0.05, 0.1) is 5.69 Å². The van der Waals surface area contributed by atoms with Crippen LogP contribution in [0.4, 0.5) is 28.4 Å². The lowest BCUT2D eigenvalue weighted by Gasteiger charge is -2.49. The van der Waals surface area contributed by atoms with Gasteiger partial charge in [-0.3, -0.25) is 0 Å². The van der Waals surface area contributed by atoms with Gasteiger partial charge >= 0.3 is 6.85 Å². The highest BCUT2D eigenvalue weighted by Crippen LogP contribution is 2.58. The van der Waals surface area contributed by atoms with Crippen LogP contribution in [0.5, 0.6) is 0 Å². The molecule has 2 aromatic heterocycles. The third-order valence-electron chi connectivity index (χ3n) is 19.5. The minimum atomic E-state index is -0.201. The van der Waals surface area contributed by atoms with Crippen LogP contribution in [-0.2, 0) is 32.5 Å². The summed E-state index contributed by atoms with van der Waals surface area (Å²) in [4.78, 5) is 5.41. The molecule has 0 amide bonds. The third-order valence-corrected chi connectivity index (χ3v) is 19.5. The number of hydrogen-bond donors (Lipinski definition) is 0. The first kappa shape index (κ1) is 44.5. The van der Waals surface area contributed by atoms with Crippen molar-refractivity contribution in [1.29, 1.82) is 0 Å². The van der Waals surface area contributed by atoms with Crippen LogP contribution in [0.1, 0.15) is 161 Å². The molecule has 3 aliphatic carbocycles. The standard InChI is InChI=1S/C67H69BN2O2/c1-38-30-47-50(66(10,11)28-26-63(47,4)5)35-53(38)69-55-37-58-43(40-18-14-16-20-56(40)71-58)34-52(55)68-59-44(32-45-41-19-15-17-21-57(41)72-61(45)60(59)69)42-33-49-51(67(12,13)29-27-65(49,8)9)36-54(42)70(68)39-22-23-46-48(31-39)64(6,7)25-24-62(46,2)3/h14-23,30-37H,24-29H2,1-13H3. The molecule has 2 aliphatic heterocycles. The van der Waals surface area contributed by atoms with Crippen LogP contribution < -0.4 is 20.6 Å². The van der Waals surface area contributed by atoms with Gasteiger partial charge in [0.15, 0.2) is 5.58 Å². The lowest BCUT2D eigenvalue weighted by Crippen LogP contribution is -2.61. The first-order valence-corrected chi connectivity index (χ1v) is 27.1. The maximum atomic E-state index is 7.37. The second kappa shape index (κ2) is 14.1. The predicted octanol–water partition coefficient (Wildman–Crippen LogP) is 17.5. The largest absolute Gasteiger partial charge is 0.456 e. The fourth-order valence-electron chi connectivity index (χ4n) is 14.7. The first-order chi connectivity index (χ1) is 34.0. The van der Waals surface area contributed by atoms with E-state index in [4.69, 9.17) is 8.83 Å². The summed E-state index contributed by atoms with van der Waals surface area (Å²) in [5.41, 5.74) is 25.2. The van der Waals surface area contributed by atoms with E-state index in [0.717, 1.165) is 80.9 Å². The second-order valence-electron chi connectivity index (χ2n) is 26.9. The van der Waals surface area contributed by atoms with Crippen molar-refractivity contribution in [3.05, 3.63) is 148 Å². The Morgan fingerprint density at radius 1 is 0.417 bits per heavy atom. The number of rotatable bonds is 2. The van der Waals surface area contributed by atoms with Crippen LogP contribution in [0.2, 0.25) is 0 Å². The molecule has 14 rings (SSSR count). The van der Waals surface area contributed by atoms with Crippen LogP contribution in [0, 0.1) is 6.92 Å². The molecular weight excluding hydrogens is 876 g/mol. The molecule has 0 atom stereocenters. The number of benzene rings is 7. The molecule has 0 spiro atoms. The van der Waals surface area contributed by atoms with E-state index < -0.39 is 0 Å². The normalized spacial score (nSPS) is 20.3. The molecule has 0 fully saturated rings. The van der Waals surface area contributed by atoms with Crippen molar-refractivity contribution in [1.82, 2.24) is 0 Å². The van der Waals surface area contributed by atoms with E-state index in [1.54, 1.807) is 0 Å². The molecule has 0 radical (unpaired) electrons. The molecule has 4 heterocycles. The number of furan rings is 2. The number of hydrogen-bond acceptors (Lipinski definition) is 4. The molecule has 0 saturated heterocycles. The van der Waals surface area contributed by atoms with Gasteiger partial charge in [0.25, 0.3) is 0 Å². The summed E-state index contributed by atoms with van der Waals surface area (Å²) in [6.45, 7) is 31.7. The van der Waals surface area contributed by atoms with Crippen molar-refractivity contribution < 1.29 is 8.83 Å². The molecule has 0 N–H and O–H groups in total. The number of anilines is 5. The zero-order chi connectivity index (χ0) is 50.0. The van der Waals surface area contributed by atoms with Crippen LogP contribution in [0.25, 0.3) is 55.0 Å². The Balaban J connectivity index is 1.18. The molecule has 362 valence electrons. The Morgan fingerprint density at radius 3 is 1.56 bits per heavy atom. The number of aryl methyl sites for hydroxylation is 1. The summed E-state index contributed by atoms with van der Waals surface area (Å²) in [6.07, 6.45) is 6.94. The van der Waals surface area contributed by atoms with Crippen molar-refractivity contribution in [2.75, 3.05) is 9.71 Å². The molecule has 72 heavy (non-hydrogen) atoms. The van der Waals surface area contributed by atoms with Gasteiger partial charge in [0.2, 0.25) is 0 Å². The van der Waals surface area contributed by atoms with Crippen molar-refractivity contribution >= 4 is 90.1 Å². The fourth-order valence-corrected chi connectivity index (χ4v) is 14.7. The zero-order valence-corrected chi connectivity index (χ0v) is 44.9. The highest BCUT2D eigenvalue weighted by Gasteiger charge is 2.50. The second-order valence-corrected chi connectivity index (χ2v) is 26.9. The Bertz CT molecular complexity index is 3870. The molecule has 5 heteroatoms. The maximum Gasteiger partial charge on any atom is 0.333 e. The Hall–Kier alpha value is -6.20. The zero-order valence-electron chi connectivity index (χ0n) is 44.9. The van der Waals surface area contributed by atoms with E-state index in [2.05, 4.69) is 209 Å². The molecular formula is C67H69BN2O2. The SMILES string of the molecule is Cc1cc2c(cc1N1c3cc4oc5ccccc5c4cc3B3c4c(cc5c(oc6ccccc65)c41)-c1cc4c(cc1N3c1ccc3c(c1)C(C)(C)CCC3(C)C)C(C)(C)CCC4(C)C)C(C)(C)CCC2(C)C. The summed E-state index contributed by atoms with van der Waals surface area (Å²) in [5, 5.41) is 4.60. The molecule has 0 unspecified atom stereocenters. The van der Waals surface area contributed by atoms with Gasteiger partial charge in [-0.25, -0.2) is 0 Å². The monoisotopic (exact) mass is 945 g/mol. The van der Waals surface area contributed by atoms with Gasteiger partial charge in [-0.15, -0.1) is 0 Å². The lowest BCUT2D eigenvalue weighted by atomic mass is 9.43. The fraction of sp³-hybridized carbons (Fsp3) is 0.373. The summed E-state index contributed by atoms with van der Waals surface area (Å²) in [6, 6.07) is 42.7. The van der Waals surface area contributed by atoms with E-state index in [1.807, 2.05) is 0 Å². The van der Waals surface area contributed by atoms with E-state index in [-0.39, 0.29) is 39.3 Å². The molecule has 5 aliphatic rings. The Morgan fingerprint density at radius 2 is 0.931 bits per heavy atom. The first-order valence-electron chi connectivity index (χ1n) is 27.1. The van der Waals surface area contributed by atoms with E-state index >= 15 is 0 Å². The van der Waals surface area contributed by atoms with Crippen molar-refractivity contribution in [3.8, 4) is 11.1 Å². The smallest absolute Gasteiger partial charge is 0.333 e. The van der Waals surface area contributed by atoms with Gasteiger partial charge in [0, 0.05) is 55.9 Å². The van der Waals surface area contributed by atoms with Crippen LogP contribution in [0.3, 0.4) is 0 Å². The summed E-state index contributed by atoms with van der Waals surface area (Å²) in [7, 11) is 0. The van der Waals surface area contributed by atoms with E-state index in [0.29, 0.717) is 0 Å². The lowest BCUT2D eigenvalue weighted by molar-refractivity contribution is 0.332. The highest BCUT2D eigenvalue weighted by molar-refractivity contribution is 6.94. The molecule has 0 bridgehead atoms. The summed E-state index contributed by atoms with van der Waals surface area (Å²) < 4.78 is 14.3.